The van der Waals surface area contributed by atoms with Crippen molar-refractivity contribution in [2.75, 3.05) is 11.9 Å². The second-order valence-corrected chi connectivity index (χ2v) is 10.2. The van der Waals surface area contributed by atoms with E-state index < -0.39 is 15.9 Å². The molecule has 0 saturated heterocycles. The maximum Gasteiger partial charge on any atom is 0.243 e. The van der Waals surface area contributed by atoms with E-state index >= 15 is 0 Å². The Kier molecular flexibility index (Phi) is 8.20. The third-order valence-corrected chi connectivity index (χ3v) is 7.58. The summed E-state index contributed by atoms with van der Waals surface area (Å²) >= 11 is 18.0. The number of aryl methyl sites for hydroxylation is 1. The molecule has 168 valence electrons. The zero-order valence-electron chi connectivity index (χ0n) is 17.2. The van der Waals surface area contributed by atoms with Gasteiger partial charge < -0.3 is 5.32 Å². The van der Waals surface area contributed by atoms with Crippen LogP contribution in [0.2, 0.25) is 15.1 Å². The van der Waals surface area contributed by atoms with Crippen LogP contribution in [0.3, 0.4) is 0 Å². The Balaban J connectivity index is 1.91. The minimum atomic E-state index is -4.00. The molecule has 9 heteroatoms. The molecular formula is C23H21Cl3N2O3S. The fourth-order valence-corrected chi connectivity index (χ4v) is 4.95. The molecule has 0 atom stereocenters. The van der Waals surface area contributed by atoms with Crippen LogP contribution in [0.25, 0.3) is 0 Å². The van der Waals surface area contributed by atoms with Crippen LogP contribution in [0.15, 0.2) is 71.6 Å². The molecule has 0 radical (unpaired) electrons. The molecule has 5 nitrogen and oxygen atoms in total. The van der Waals surface area contributed by atoms with Gasteiger partial charge in [0, 0.05) is 17.3 Å². The van der Waals surface area contributed by atoms with Crippen LogP contribution in [0.4, 0.5) is 5.69 Å². The number of rotatable bonds is 8. The van der Waals surface area contributed by atoms with Crippen LogP contribution in [-0.2, 0) is 27.8 Å². The number of hydrogen-bond donors (Lipinski definition) is 1. The Morgan fingerprint density at radius 3 is 2.28 bits per heavy atom. The van der Waals surface area contributed by atoms with Gasteiger partial charge in [-0.2, -0.15) is 4.31 Å². The molecule has 1 N–H and O–H groups in total. The highest BCUT2D eigenvalue weighted by molar-refractivity contribution is 7.89. The molecule has 0 bridgehead atoms. The van der Waals surface area contributed by atoms with Crippen LogP contribution in [0, 0.1) is 0 Å². The molecule has 0 unspecified atom stereocenters. The lowest BCUT2D eigenvalue weighted by Crippen LogP contribution is -2.37. The highest BCUT2D eigenvalue weighted by atomic mass is 35.5. The Hall–Kier alpha value is -2.09. The van der Waals surface area contributed by atoms with Gasteiger partial charge in [0.05, 0.1) is 21.5 Å². The second kappa shape index (κ2) is 10.7. The van der Waals surface area contributed by atoms with Crippen molar-refractivity contribution in [1.29, 1.82) is 0 Å². The van der Waals surface area contributed by atoms with Crippen molar-refractivity contribution in [3.8, 4) is 0 Å². The SMILES string of the molecule is CCc1ccccc1NC(=O)CN(Cc1ccc(Cl)c(Cl)c1)S(=O)(=O)c1ccc(Cl)cc1. The molecule has 32 heavy (non-hydrogen) atoms. The normalized spacial score (nSPS) is 11.5. The van der Waals surface area contributed by atoms with Crippen molar-refractivity contribution in [3.63, 3.8) is 0 Å². The van der Waals surface area contributed by atoms with Crippen molar-refractivity contribution in [2.45, 2.75) is 24.8 Å². The summed E-state index contributed by atoms with van der Waals surface area (Å²) < 4.78 is 27.8. The maximum atomic E-state index is 13.4. The average Bonchev–Trinajstić information content (AvgIpc) is 2.76. The van der Waals surface area contributed by atoms with Crippen LogP contribution < -0.4 is 5.32 Å². The van der Waals surface area contributed by atoms with Crippen LogP contribution in [-0.4, -0.2) is 25.2 Å². The molecule has 3 rings (SSSR count). The van der Waals surface area contributed by atoms with Crippen molar-refractivity contribution >= 4 is 56.4 Å². The number of benzene rings is 3. The molecule has 3 aromatic rings. The maximum absolute atomic E-state index is 13.4. The van der Waals surface area contributed by atoms with E-state index in [4.69, 9.17) is 34.8 Å². The first-order valence-electron chi connectivity index (χ1n) is 9.78. The third kappa shape index (κ3) is 6.03. The molecular weight excluding hydrogens is 491 g/mol. The minimum absolute atomic E-state index is 0.0312. The Labute approximate surface area is 203 Å². The van der Waals surface area contributed by atoms with Gasteiger partial charge in [-0.1, -0.05) is 66.0 Å². The summed E-state index contributed by atoms with van der Waals surface area (Å²) in [6, 6.07) is 18.0. The van der Waals surface area contributed by atoms with Gasteiger partial charge in [-0.15, -0.1) is 0 Å². The topological polar surface area (TPSA) is 66.5 Å². The number of carbonyl (C=O) groups excluding carboxylic acids is 1. The van der Waals surface area contributed by atoms with E-state index in [1.807, 2.05) is 25.1 Å². The molecule has 0 aliphatic rings. The van der Waals surface area contributed by atoms with E-state index in [-0.39, 0.29) is 18.0 Å². The van der Waals surface area contributed by atoms with E-state index in [1.54, 1.807) is 24.3 Å². The molecule has 0 fully saturated rings. The minimum Gasteiger partial charge on any atom is -0.325 e. The number of halogens is 3. The monoisotopic (exact) mass is 510 g/mol. The van der Waals surface area contributed by atoms with Gasteiger partial charge in [-0.3, -0.25) is 4.79 Å². The summed E-state index contributed by atoms with van der Waals surface area (Å²) in [6.07, 6.45) is 0.729. The number of sulfonamides is 1. The van der Waals surface area contributed by atoms with Crippen LogP contribution in [0.1, 0.15) is 18.1 Å². The van der Waals surface area contributed by atoms with Gasteiger partial charge in [-0.05, 0) is 60.0 Å². The average molecular weight is 512 g/mol. The predicted molar refractivity (Wildman–Crippen MR) is 130 cm³/mol. The van der Waals surface area contributed by atoms with Gasteiger partial charge >= 0.3 is 0 Å². The fraction of sp³-hybridized carbons (Fsp3) is 0.174. The molecule has 0 heterocycles. The molecule has 1 amide bonds. The predicted octanol–water partition coefficient (Wildman–Crippen LogP) is 6.04. The summed E-state index contributed by atoms with van der Waals surface area (Å²) in [5.41, 5.74) is 2.20. The second-order valence-electron chi connectivity index (χ2n) is 7.03. The zero-order chi connectivity index (χ0) is 23.3. The van der Waals surface area contributed by atoms with Gasteiger partial charge in [0.2, 0.25) is 15.9 Å². The van der Waals surface area contributed by atoms with Gasteiger partial charge in [0.25, 0.3) is 0 Å². The molecule has 0 aliphatic heterocycles. The summed E-state index contributed by atoms with van der Waals surface area (Å²) in [7, 11) is -4.00. The van der Waals surface area contributed by atoms with Crippen LogP contribution >= 0.6 is 34.8 Å². The largest absolute Gasteiger partial charge is 0.325 e. The summed E-state index contributed by atoms with van der Waals surface area (Å²) in [6.45, 7) is 1.53. The van der Waals surface area contributed by atoms with E-state index in [9.17, 15) is 13.2 Å². The number of amides is 1. The standard InChI is InChI=1S/C23H21Cl3N2O3S/c1-2-17-5-3-4-6-22(17)27-23(29)15-28(14-16-7-12-20(25)21(26)13-16)32(30,31)19-10-8-18(24)9-11-19/h3-13H,2,14-15H2,1H3,(H,27,29). The Morgan fingerprint density at radius 2 is 1.62 bits per heavy atom. The molecule has 0 aliphatic carbocycles. The van der Waals surface area contributed by atoms with Crippen molar-refractivity contribution in [1.82, 2.24) is 4.31 Å². The zero-order valence-corrected chi connectivity index (χ0v) is 20.3. The fourth-order valence-electron chi connectivity index (χ4n) is 3.12. The third-order valence-electron chi connectivity index (χ3n) is 4.79. The first kappa shape index (κ1) is 24.6. The van der Waals surface area contributed by atoms with E-state index in [2.05, 4.69) is 5.32 Å². The highest BCUT2D eigenvalue weighted by Crippen LogP contribution is 2.26. The van der Waals surface area contributed by atoms with E-state index in [1.165, 1.54) is 24.3 Å². The summed E-state index contributed by atoms with van der Waals surface area (Å²) in [5, 5.41) is 3.89. The van der Waals surface area contributed by atoms with Gasteiger partial charge in [-0.25, -0.2) is 8.42 Å². The van der Waals surface area contributed by atoms with E-state index in [0.717, 1.165) is 16.3 Å². The quantitative estimate of drug-likeness (QED) is 0.401. The van der Waals surface area contributed by atoms with Crippen molar-refractivity contribution < 1.29 is 13.2 Å². The Morgan fingerprint density at radius 1 is 0.938 bits per heavy atom. The summed E-state index contributed by atoms with van der Waals surface area (Å²) in [5.74, 6) is -0.455. The number of hydrogen-bond acceptors (Lipinski definition) is 3. The lowest BCUT2D eigenvalue weighted by Gasteiger charge is -2.22. The lowest BCUT2D eigenvalue weighted by atomic mass is 10.1. The summed E-state index contributed by atoms with van der Waals surface area (Å²) in [4.78, 5) is 12.9. The van der Waals surface area contributed by atoms with Crippen molar-refractivity contribution in [3.05, 3.63) is 92.9 Å². The first-order valence-corrected chi connectivity index (χ1v) is 12.4. The van der Waals surface area contributed by atoms with Crippen molar-refractivity contribution in [2.24, 2.45) is 0 Å². The number of nitrogens with zero attached hydrogens (tertiary/aromatic N) is 1. The smallest absolute Gasteiger partial charge is 0.243 e. The first-order chi connectivity index (χ1) is 15.2. The number of anilines is 1. The number of para-hydroxylation sites is 1. The lowest BCUT2D eigenvalue weighted by molar-refractivity contribution is -0.116. The van der Waals surface area contributed by atoms with E-state index in [0.29, 0.717) is 26.3 Å². The highest BCUT2D eigenvalue weighted by Gasteiger charge is 2.27. The molecule has 0 aromatic heterocycles. The van der Waals surface area contributed by atoms with Gasteiger partial charge in [0.1, 0.15) is 0 Å². The van der Waals surface area contributed by atoms with Crippen LogP contribution in [0.5, 0.6) is 0 Å². The van der Waals surface area contributed by atoms with Gasteiger partial charge in [0.15, 0.2) is 0 Å². The number of carbonyl (C=O) groups is 1. The molecule has 3 aromatic carbocycles. The molecule has 0 spiro atoms. The molecule has 0 saturated carbocycles. The number of nitrogens with one attached hydrogen (secondary N) is 1. The Bertz CT molecular complexity index is 1220.